The summed E-state index contributed by atoms with van der Waals surface area (Å²) in [7, 11) is 2.03. The summed E-state index contributed by atoms with van der Waals surface area (Å²) in [6.45, 7) is 3.16. The lowest BCUT2D eigenvalue weighted by Gasteiger charge is -2.15. The van der Waals surface area contributed by atoms with Crippen molar-refractivity contribution in [3.05, 3.63) is 18.2 Å². The van der Waals surface area contributed by atoms with Crippen LogP contribution in [0.15, 0.2) is 12.4 Å². The fourth-order valence-corrected chi connectivity index (χ4v) is 2.17. The van der Waals surface area contributed by atoms with E-state index in [1.165, 1.54) is 18.0 Å². The highest BCUT2D eigenvalue weighted by atomic mass is 32.2. The highest BCUT2D eigenvalue weighted by Gasteiger charge is 2.10. The minimum Gasteiger partial charge on any atom is -0.335 e. The Hall–Kier alpha value is -0.480. The number of likely N-dealkylation sites (N-methyl/N-ethyl adjacent to an activating group) is 1. The van der Waals surface area contributed by atoms with Gasteiger partial charge in [-0.15, -0.1) is 0 Å². The van der Waals surface area contributed by atoms with E-state index >= 15 is 0 Å². The summed E-state index contributed by atoms with van der Waals surface area (Å²) in [4.78, 5) is 4.40. The molecule has 4 heteroatoms. The monoisotopic (exact) mass is 227 g/mol. The molecule has 0 radical (unpaired) electrons. The summed E-state index contributed by atoms with van der Waals surface area (Å²) in [5.41, 5.74) is 0. The Morgan fingerprint density at radius 3 is 3.00 bits per heavy atom. The molecule has 0 spiro atoms. The molecule has 1 aromatic heterocycles. The van der Waals surface area contributed by atoms with E-state index in [4.69, 9.17) is 0 Å². The van der Waals surface area contributed by atoms with Crippen LogP contribution in [0.25, 0.3) is 0 Å². The third-order valence-corrected chi connectivity index (χ3v) is 3.29. The van der Waals surface area contributed by atoms with Gasteiger partial charge in [-0.25, -0.2) is 4.98 Å². The van der Waals surface area contributed by atoms with E-state index in [1.807, 2.05) is 25.0 Å². The van der Waals surface area contributed by atoms with Crippen molar-refractivity contribution in [2.75, 3.05) is 19.1 Å². The quantitative estimate of drug-likeness (QED) is 0.770. The molecule has 3 nitrogen and oxygen atoms in total. The summed E-state index contributed by atoms with van der Waals surface area (Å²) < 4.78 is 2.21. The van der Waals surface area contributed by atoms with Crippen LogP contribution in [-0.4, -0.2) is 34.6 Å². The topological polar surface area (TPSA) is 29.9 Å². The maximum absolute atomic E-state index is 4.40. The number of hydrogen-bond donors (Lipinski definition) is 1. The molecule has 0 aliphatic heterocycles. The molecule has 0 amide bonds. The second kappa shape index (κ2) is 6.90. The number of nitrogens with zero attached hydrogens (tertiary/aromatic N) is 2. The molecular formula is C11H21N3S. The molecule has 1 rings (SSSR count). The van der Waals surface area contributed by atoms with Gasteiger partial charge in [0.05, 0.1) is 0 Å². The van der Waals surface area contributed by atoms with Crippen molar-refractivity contribution in [2.24, 2.45) is 0 Å². The van der Waals surface area contributed by atoms with Gasteiger partial charge in [0.2, 0.25) is 0 Å². The molecule has 1 aromatic rings. The van der Waals surface area contributed by atoms with E-state index in [9.17, 15) is 0 Å². The van der Waals surface area contributed by atoms with Crippen LogP contribution in [0.5, 0.6) is 0 Å². The highest BCUT2D eigenvalue weighted by Crippen LogP contribution is 2.07. The molecule has 0 fully saturated rings. The number of hydrogen-bond acceptors (Lipinski definition) is 3. The molecule has 0 aliphatic carbocycles. The van der Waals surface area contributed by atoms with Gasteiger partial charge in [0, 0.05) is 31.4 Å². The zero-order valence-electron chi connectivity index (χ0n) is 9.86. The first kappa shape index (κ1) is 12.6. The van der Waals surface area contributed by atoms with Crippen LogP contribution in [0.2, 0.25) is 0 Å². The molecule has 1 unspecified atom stereocenters. The molecule has 1 heterocycles. The van der Waals surface area contributed by atoms with Gasteiger partial charge in [-0.3, -0.25) is 0 Å². The van der Waals surface area contributed by atoms with Crippen LogP contribution < -0.4 is 5.32 Å². The number of imidazole rings is 1. The second-order valence-corrected chi connectivity index (χ2v) is 4.59. The van der Waals surface area contributed by atoms with Gasteiger partial charge in [-0.2, -0.15) is 11.8 Å². The normalized spacial score (nSPS) is 13.0. The van der Waals surface area contributed by atoms with Gasteiger partial charge in [0.15, 0.2) is 0 Å². The third kappa shape index (κ3) is 3.87. The van der Waals surface area contributed by atoms with Gasteiger partial charge in [-0.1, -0.05) is 0 Å². The van der Waals surface area contributed by atoms with Gasteiger partial charge in [0.25, 0.3) is 0 Å². The van der Waals surface area contributed by atoms with Crippen LogP contribution in [0.1, 0.15) is 19.2 Å². The van der Waals surface area contributed by atoms with E-state index in [2.05, 4.69) is 34.2 Å². The molecule has 0 bridgehead atoms. The molecule has 0 aromatic carbocycles. The Morgan fingerprint density at radius 2 is 2.40 bits per heavy atom. The van der Waals surface area contributed by atoms with E-state index in [-0.39, 0.29) is 0 Å². The fourth-order valence-electron chi connectivity index (χ4n) is 1.65. The first-order valence-electron chi connectivity index (χ1n) is 5.48. The van der Waals surface area contributed by atoms with Gasteiger partial charge in [-0.05, 0) is 32.4 Å². The van der Waals surface area contributed by atoms with Crippen molar-refractivity contribution in [3.8, 4) is 0 Å². The van der Waals surface area contributed by atoms with Crippen LogP contribution in [0.4, 0.5) is 0 Å². The van der Waals surface area contributed by atoms with E-state index in [0.29, 0.717) is 6.04 Å². The summed E-state index contributed by atoms with van der Waals surface area (Å²) in [5, 5.41) is 3.36. The minimum atomic E-state index is 0.546. The standard InChI is InChI=1S/C11H21N3S/c1-4-14-7-6-13-11(14)9-10(12-2)5-8-15-3/h6-7,10,12H,4-5,8-9H2,1-3H3. The molecule has 1 N–H and O–H groups in total. The van der Waals surface area contributed by atoms with E-state index in [1.54, 1.807) is 0 Å². The summed E-state index contributed by atoms with van der Waals surface area (Å²) in [6.07, 6.45) is 8.32. The van der Waals surface area contributed by atoms with Crippen molar-refractivity contribution in [1.82, 2.24) is 14.9 Å². The molecule has 15 heavy (non-hydrogen) atoms. The third-order valence-electron chi connectivity index (χ3n) is 2.65. The lowest BCUT2D eigenvalue weighted by atomic mass is 10.1. The van der Waals surface area contributed by atoms with Crippen molar-refractivity contribution in [1.29, 1.82) is 0 Å². The van der Waals surface area contributed by atoms with Crippen molar-refractivity contribution < 1.29 is 0 Å². The van der Waals surface area contributed by atoms with Crippen molar-refractivity contribution >= 4 is 11.8 Å². The number of rotatable bonds is 7. The smallest absolute Gasteiger partial charge is 0.110 e. The number of aryl methyl sites for hydroxylation is 1. The predicted octanol–water partition coefficient (Wildman–Crippen LogP) is 1.79. The Bertz CT molecular complexity index is 273. The minimum absolute atomic E-state index is 0.546. The Kier molecular flexibility index (Phi) is 5.79. The molecular weight excluding hydrogens is 206 g/mol. The first-order valence-corrected chi connectivity index (χ1v) is 6.87. The highest BCUT2D eigenvalue weighted by molar-refractivity contribution is 7.98. The Labute approximate surface area is 96.7 Å². The SMILES string of the molecule is CCn1ccnc1CC(CCSC)NC. The average molecular weight is 227 g/mol. The maximum atomic E-state index is 4.40. The Balaban J connectivity index is 2.50. The molecule has 0 aliphatic rings. The number of thioether (sulfide) groups is 1. The van der Waals surface area contributed by atoms with Gasteiger partial charge in [0.1, 0.15) is 5.82 Å². The number of aromatic nitrogens is 2. The van der Waals surface area contributed by atoms with Gasteiger partial charge < -0.3 is 9.88 Å². The maximum Gasteiger partial charge on any atom is 0.110 e. The lowest BCUT2D eigenvalue weighted by molar-refractivity contribution is 0.519. The molecule has 86 valence electrons. The molecule has 0 saturated heterocycles. The van der Waals surface area contributed by atoms with E-state index in [0.717, 1.165) is 13.0 Å². The molecule has 0 saturated carbocycles. The second-order valence-electron chi connectivity index (χ2n) is 3.60. The first-order chi connectivity index (χ1) is 7.31. The Morgan fingerprint density at radius 1 is 1.60 bits per heavy atom. The van der Waals surface area contributed by atoms with Crippen LogP contribution in [0.3, 0.4) is 0 Å². The zero-order chi connectivity index (χ0) is 11.1. The van der Waals surface area contributed by atoms with Gasteiger partial charge >= 0.3 is 0 Å². The zero-order valence-corrected chi connectivity index (χ0v) is 10.7. The van der Waals surface area contributed by atoms with Crippen LogP contribution >= 0.6 is 11.8 Å². The number of nitrogens with one attached hydrogen (secondary N) is 1. The van der Waals surface area contributed by atoms with Crippen LogP contribution in [-0.2, 0) is 13.0 Å². The lowest BCUT2D eigenvalue weighted by Crippen LogP contribution is -2.29. The van der Waals surface area contributed by atoms with Crippen molar-refractivity contribution in [2.45, 2.75) is 32.4 Å². The summed E-state index contributed by atoms with van der Waals surface area (Å²) >= 11 is 1.90. The van der Waals surface area contributed by atoms with E-state index < -0.39 is 0 Å². The summed E-state index contributed by atoms with van der Waals surface area (Å²) in [5.74, 6) is 2.40. The predicted molar refractivity (Wildman–Crippen MR) is 67.5 cm³/mol. The van der Waals surface area contributed by atoms with Crippen LogP contribution in [0, 0.1) is 0 Å². The largest absolute Gasteiger partial charge is 0.335 e. The average Bonchev–Trinajstić information content (AvgIpc) is 2.71. The van der Waals surface area contributed by atoms with Crippen molar-refractivity contribution in [3.63, 3.8) is 0 Å². The fraction of sp³-hybridized carbons (Fsp3) is 0.727. The molecule has 1 atom stereocenters. The summed E-state index contributed by atoms with van der Waals surface area (Å²) in [6, 6.07) is 0.546.